The first-order chi connectivity index (χ1) is 12.4. The van der Waals surface area contributed by atoms with Crippen LogP contribution < -0.4 is 5.56 Å². The van der Waals surface area contributed by atoms with Crippen molar-refractivity contribution in [2.45, 2.75) is 0 Å². The van der Waals surface area contributed by atoms with E-state index in [1.807, 2.05) is 0 Å². The molecule has 0 aliphatic rings. The standard InChI is InChI=1S/C18H11Cl3N2O3/c1-26-18(25)15-9-16(10-2-4-11(19)5-3-10)22-23(17(15)24)14-7-12(20)6-13(21)8-14/h2-9H,1H3. The molecule has 132 valence electrons. The maximum absolute atomic E-state index is 12.7. The van der Waals surface area contributed by atoms with Gasteiger partial charge in [0, 0.05) is 20.6 Å². The molecule has 1 aromatic heterocycles. The van der Waals surface area contributed by atoms with E-state index in [0.717, 1.165) is 4.68 Å². The average molecular weight is 410 g/mol. The number of ether oxygens (including phenoxy) is 1. The number of halogens is 3. The third kappa shape index (κ3) is 3.75. The molecule has 3 rings (SSSR count). The van der Waals surface area contributed by atoms with E-state index in [0.29, 0.717) is 32.0 Å². The number of methoxy groups -OCH3 is 1. The zero-order valence-corrected chi connectivity index (χ0v) is 15.6. The Kier molecular flexibility index (Phi) is 5.32. The molecule has 0 radical (unpaired) electrons. The lowest BCUT2D eigenvalue weighted by atomic mass is 10.1. The molecule has 0 spiro atoms. The number of carbonyl (C=O) groups is 1. The van der Waals surface area contributed by atoms with Gasteiger partial charge in [-0.25, -0.2) is 4.79 Å². The van der Waals surface area contributed by atoms with Crippen molar-refractivity contribution in [3.05, 3.63) is 79.5 Å². The maximum atomic E-state index is 12.7. The molecule has 0 bridgehead atoms. The Balaban J connectivity index is 2.29. The highest BCUT2D eigenvalue weighted by Gasteiger charge is 2.18. The molecule has 0 unspecified atom stereocenters. The molecular formula is C18H11Cl3N2O3. The molecule has 3 aromatic rings. The van der Waals surface area contributed by atoms with Crippen LogP contribution >= 0.6 is 34.8 Å². The monoisotopic (exact) mass is 408 g/mol. The van der Waals surface area contributed by atoms with Gasteiger partial charge in [-0.05, 0) is 36.4 Å². The number of rotatable bonds is 3. The molecule has 1 heterocycles. The number of nitrogens with zero attached hydrogens (tertiary/aromatic N) is 2. The summed E-state index contributed by atoms with van der Waals surface area (Å²) in [5, 5.41) is 5.55. The molecule has 5 nitrogen and oxygen atoms in total. The third-order valence-electron chi connectivity index (χ3n) is 3.55. The van der Waals surface area contributed by atoms with Gasteiger partial charge in [0.15, 0.2) is 0 Å². The second kappa shape index (κ2) is 7.50. The van der Waals surface area contributed by atoms with Crippen LogP contribution in [0.4, 0.5) is 0 Å². The molecule has 0 saturated carbocycles. The van der Waals surface area contributed by atoms with E-state index in [1.54, 1.807) is 24.3 Å². The van der Waals surface area contributed by atoms with Crippen LogP contribution in [-0.2, 0) is 4.74 Å². The molecule has 26 heavy (non-hydrogen) atoms. The van der Waals surface area contributed by atoms with Gasteiger partial charge >= 0.3 is 5.97 Å². The minimum absolute atomic E-state index is 0.163. The van der Waals surface area contributed by atoms with Gasteiger partial charge in [0.2, 0.25) is 0 Å². The van der Waals surface area contributed by atoms with Crippen molar-refractivity contribution in [3.63, 3.8) is 0 Å². The summed E-state index contributed by atoms with van der Waals surface area (Å²) in [5.74, 6) is -0.769. The second-order valence-electron chi connectivity index (χ2n) is 5.29. The van der Waals surface area contributed by atoms with Crippen molar-refractivity contribution >= 4 is 40.8 Å². The number of benzene rings is 2. The largest absolute Gasteiger partial charge is 0.465 e. The molecule has 0 amide bonds. The van der Waals surface area contributed by atoms with E-state index < -0.39 is 11.5 Å². The van der Waals surface area contributed by atoms with Gasteiger partial charge in [-0.2, -0.15) is 9.78 Å². The summed E-state index contributed by atoms with van der Waals surface area (Å²) < 4.78 is 5.78. The van der Waals surface area contributed by atoms with Crippen LogP contribution in [-0.4, -0.2) is 22.9 Å². The first-order valence-corrected chi connectivity index (χ1v) is 8.47. The van der Waals surface area contributed by atoms with Crippen LogP contribution in [0.5, 0.6) is 0 Å². The van der Waals surface area contributed by atoms with Gasteiger partial charge in [-0.3, -0.25) is 4.79 Å². The Bertz CT molecular complexity index is 1030. The lowest BCUT2D eigenvalue weighted by Gasteiger charge is -2.11. The van der Waals surface area contributed by atoms with Gasteiger partial charge in [-0.15, -0.1) is 0 Å². The van der Waals surface area contributed by atoms with Crippen LogP contribution in [0.1, 0.15) is 10.4 Å². The zero-order valence-electron chi connectivity index (χ0n) is 13.4. The first kappa shape index (κ1) is 18.5. The summed E-state index contributed by atoms with van der Waals surface area (Å²) in [6.45, 7) is 0. The molecular weight excluding hydrogens is 399 g/mol. The van der Waals surface area contributed by atoms with Crippen molar-refractivity contribution < 1.29 is 9.53 Å². The van der Waals surface area contributed by atoms with Crippen molar-refractivity contribution in [2.75, 3.05) is 7.11 Å². The minimum atomic E-state index is -0.769. The van der Waals surface area contributed by atoms with Gasteiger partial charge in [0.1, 0.15) is 5.56 Å². The Hall–Kier alpha value is -2.34. The van der Waals surface area contributed by atoms with E-state index in [-0.39, 0.29) is 5.56 Å². The fraction of sp³-hybridized carbons (Fsp3) is 0.0556. The third-order valence-corrected chi connectivity index (χ3v) is 4.24. The van der Waals surface area contributed by atoms with Gasteiger partial charge in [0.05, 0.1) is 18.5 Å². The average Bonchev–Trinajstić information content (AvgIpc) is 2.61. The van der Waals surface area contributed by atoms with E-state index in [4.69, 9.17) is 39.5 Å². The molecule has 0 aliphatic heterocycles. The number of esters is 1. The highest BCUT2D eigenvalue weighted by atomic mass is 35.5. The Labute approximate surface area is 163 Å². The summed E-state index contributed by atoms with van der Waals surface area (Å²) in [5.41, 5.74) is 0.573. The first-order valence-electron chi connectivity index (χ1n) is 7.34. The SMILES string of the molecule is COC(=O)c1cc(-c2ccc(Cl)cc2)nn(-c2cc(Cl)cc(Cl)c2)c1=O. The molecule has 0 fully saturated rings. The minimum Gasteiger partial charge on any atom is -0.465 e. The van der Waals surface area contributed by atoms with Crippen molar-refractivity contribution in [2.24, 2.45) is 0 Å². The predicted molar refractivity (Wildman–Crippen MR) is 102 cm³/mol. The lowest BCUT2D eigenvalue weighted by molar-refractivity contribution is 0.0598. The predicted octanol–water partition coefficient (Wildman–Crippen LogP) is 4.65. The maximum Gasteiger partial charge on any atom is 0.343 e. The van der Waals surface area contributed by atoms with Crippen LogP contribution in [0.15, 0.2) is 53.3 Å². The summed E-state index contributed by atoms with van der Waals surface area (Å²) in [4.78, 5) is 24.8. The normalized spacial score (nSPS) is 10.6. The number of carbonyl (C=O) groups excluding carboxylic acids is 1. The highest BCUT2D eigenvalue weighted by molar-refractivity contribution is 6.34. The number of hydrogen-bond acceptors (Lipinski definition) is 4. The summed E-state index contributed by atoms with van der Waals surface area (Å²) in [7, 11) is 1.20. The van der Waals surface area contributed by atoms with Crippen LogP contribution in [0.3, 0.4) is 0 Å². The van der Waals surface area contributed by atoms with Gasteiger partial charge < -0.3 is 4.74 Å². The quantitative estimate of drug-likeness (QED) is 0.591. The fourth-order valence-electron chi connectivity index (χ4n) is 2.35. The summed E-state index contributed by atoms with van der Waals surface area (Å²) in [6, 6.07) is 12.8. The van der Waals surface area contributed by atoms with Crippen molar-refractivity contribution in [1.82, 2.24) is 9.78 Å². The summed E-state index contributed by atoms with van der Waals surface area (Å²) >= 11 is 18.0. The Morgan fingerprint density at radius 1 is 0.962 bits per heavy atom. The zero-order chi connectivity index (χ0) is 18.8. The van der Waals surface area contributed by atoms with E-state index in [9.17, 15) is 9.59 Å². The van der Waals surface area contributed by atoms with E-state index in [1.165, 1.54) is 31.4 Å². The van der Waals surface area contributed by atoms with Crippen molar-refractivity contribution in [1.29, 1.82) is 0 Å². The molecule has 0 aliphatic carbocycles. The topological polar surface area (TPSA) is 61.2 Å². The fourth-order valence-corrected chi connectivity index (χ4v) is 2.99. The smallest absolute Gasteiger partial charge is 0.343 e. The number of aromatic nitrogens is 2. The lowest BCUT2D eigenvalue weighted by Crippen LogP contribution is -2.28. The highest BCUT2D eigenvalue weighted by Crippen LogP contribution is 2.23. The molecule has 0 saturated heterocycles. The molecule has 2 aromatic carbocycles. The van der Waals surface area contributed by atoms with Crippen LogP contribution in [0, 0.1) is 0 Å². The van der Waals surface area contributed by atoms with Crippen LogP contribution in [0.2, 0.25) is 15.1 Å². The Morgan fingerprint density at radius 3 is 2.15 bits per heavy atom. The van der Waals surface area contributed by atoms with Gasteiger partial charge in [0.25, 0.3) is 5.56 Å². The second-order valence-corrected chi connectivity index (χ2v) is 6.60. The summed E-state index contributed by atoms with van der Waals surface area (Å²) in [6.07, 6.45) is 0. The molecule has 8 heteroatoms. The van der Waals surface area contributed by atoms with E-state index >= 15 is 0 Å². The van der Waals surface area contributed by atoms with Gasteiger partial charge in [-0.1, -0.05) is 46.9 Å². The number of hydrogen-bond donors (Lipinski definition) is 0. The van der Waals surface area contributed by atoms with Crippen molar-refractivity contribution in [3.8, 4) is 16.9 Å². The van der Waals surface area contributed by atoms with Crippen LogP contribution in [0.25, 0.3) is 16.9 Å². The molecule has 0 atom stereocenters. The Morgan fingerprint density at radius 2 is 1.58 bits per heavy atom. The van der Waals surface area contributed by atoms with E-state index in [2.05, 4.69) is 5.10 Å². The molecule has 0 N–H and O–H groups in total.